The van der Waals surface area contributed by atoms with Gasteiger partial charge >= 0.3 is 0 Å². The molecular weight excluding hydrogens is 340 g/mol. The molecule has 25 heavy (non-hydrogen) atoms. The summed E-state index contributed by atoms with van der Waals surface area (Å²) in [6.45, 7) is 0.412. The normalized spacial score (nSPS) is 19.7. The van der Waals surface area contributed by atoms with Crippen molar-refractivity contribution in [3.05, 3.63) is 83.3 Å². The average Bonchev–Trinajstić information content (AvgIpc) is 3.13. The first-order valence-corrected chi connectivity index (χ1v) is 8.23. The third-order valence-electron chi connectivity index (χ3n) is 3.84. The molecule has 2 atom stereocenters. The van der Waals surface area contributed by atoms with Crippen LogP contribution in [0.5, 0.6) is 11.6 Å². The molecule has 3 aromatic rings. The van der Waals surface area contributed by atoms with E-state index in [1.54, 1.807) is 24.7 Å². The van der Waals surface area contributed by atoms with E-state index in [2.05, 4.69) is 9.97 Å². The number of benzene rings is 1. The highest BCUT2D eigenvalue weighted by Crippen LogP contribution is 2.40. The number of hydrogen-bond acceptors (Lipinski definition) is 5. The van der Waals surface area contributed by atoms with Gasteiger partial charge in [0.15, 0.2) is 6.29 Å². The standard InChI is InChI=1S/C19H15ClN2O3/c20-16-8-2-1-6-14(16)17-12-23-19(25-17)15-7-4-10-22-18(15)24-13-5-3-9-21-11-13/h1-11,17,19H,12H2/t17?,19-/m0/s1. The Labute approximate surface area is 150 Å². The highest BCUT2D eigenvalue weighted by Gasteiger charge is 2.32. The minimum atomic E-state index is -0.568. The van der Waals surface area contributed by atoms with E-state index in [9.17, 15) is 0 Å². The molecule has 1 aromatic carbocycles. The molecule has 0 aliphatic carbocycles. The number of aromatic nitrogens is 2. The van der Waals surface area contributed by atoms with Crippen molar-refractivity contribution >= 4 is 11.6 Å². The van der Waals surface area contributed by atoms with Crippen molar-refractivity contribution in [2.24, 2.45) is 0 Å². The van der Waals surface area contributed by atoms with Gasteiger partial charge in [-0.05, 0) is 30.3 Å². The lowest BCUT2D eigenvalue weighted by Crippen LogP contribution is -2.04. The molecule has 0 radical (unpaired) electrons. The van der Waals surface area contributed by atoms with Gasteiger partial charge in [-0.2, -0.15) is 0 Å². The fraction of sp³-hybridized carbons (Fsp3) is 0.158. The van der Waals surface area contributed by atoms with E-state index in [1.165, 1.54) is 0 Å². The van der Waals surface area contributed by atoms with Gasteiger partial charge in [0.25, 0.3) is 0 Å². The third kappa shape index (κ3) is 3.49. The number of hydrogen-bond donors (Lipinski definition) is 0. The van der Waals surface area contributed by atoms with Crippen molar-refractivity contribution in [3.8, 4) is 11.6 Å². The van der Waals surface area contributed by atoms with Crippen LogP contribution in [0.1, 0.15) is 23.5 Å². The fourth-order valence-electron chi connectivity index (χ4n) is 2.65. The maximum absolute atomic E-state index is 6.26. The van der Waals surface area contributed by atoms with E-state index in [0.717, 1.165) is 11.1 Å². The molecule has 1 unspecified atom stereocenters. The van der Waals surface area contributed by atoms with Crippen LogP contribution in [0.3, 0.4) is 0 Å². The summed E-state index contributed by atoms with van der Waals surface area (Å²) in [6.07, 6.45) is 4.17. The average molecular weight is 355 g/mol. The van der Waals surface area contributed by atoms with Gasteiger partial charge in [0.2, 0.25) is 5.88 Å². The minimum absolute atomic E-state index is 0.231. The van der Waals surface area contributed by atoms with Crippen molar-refractivity contribution < 1.29 is 14.2 Å². The molecule has 1 saturated heterocycles. The second-order valence-corrected chi connectivity index (χ2v) is 5.91. The number of pyridine rings is 2. The van der Waals surface area contributed by atoms with E-state index in [4.69, 9.17) is 25.8 Å². The van der Waals surface area contributed by atoms with Crippen molar-refractivity contribution in [1.82, 2.24) is 9.97 Å². The Morgan fingerprint density at radius 1 is 1.00 bits per heavy atom. The molecule has 0 spiro atoms. The summed E-state index contributed by atoms with van der Waals surface area (Å²) >= 11 is 6.26. The van der Waals surface area contributed by atoms with Gasteiger partial charge in [0, 0.05) is 23.0 Å². The van der Waals surface area contributed by atoms with E-state index in [1.807, 2.05) is 42.5 Å². The third-order valence-corrected chi connectivity index (χ3v) is 4.19. The summed E-state index contributed by atoms with van der Waals surface area (Å²) in [4.78, 5) is 8.34. The van der Waals surface area contributed by atoms with Gasteiger partial charge in [0.1, 0.15) is 11.9 Å². The number of nitrogens with zero attached hydrogens (tertiary/aromatic N) is 2. The van der Waals surface area contributed by atoms with Gasteiger partial charge in [-0.1, -0.05) is 29.8 Å². The topological polar surface area (TPSA) is 53.5 Å². The summed E-state index contributed by atoms with van der Waals surface area (Å²) in [5, 5.41) is 0.662. The van der Waals surface area contributed by atoms with Crippen LogP contribution in [-0.2, 0) is 9.47 Å². The largest absolute Gasteiger partial charge is 0.437 e. The summed E-state index contributed by atoms with van der Waals surface area (Å²) in [5.74, 6) is 1.03. The first kappa shape index (κ1) is 16.0. The van der Waals surface area contributed by atoms with Gasteiger partial charge < -0.3 is 14.2 Å². The van der Waals surface area contributed by atoms with Gasteiger partial charge in [-0.3, -0.25) is 4.98 Å². The predicted molar refractivity (Wildman–Crippen MR) is 92.5 cm³/mol. The molecule has 6 heteroatoms. The molecular formula is C19H15ClN2O3. The maximum Gasteiger partial charge on any atom is 0.227 e. The molecule has 1 aliphatic rings. The maximum atomic E-state index is 6.26. The number of halogens is 1. The van der Waals surface area contributed by atoms with Crippen molar-refractivity contribution in [2.75, 3.05) is 6.61 Å². The first-order valence-electron chi connectivity index (χ1n) is 7.85. The highest BCUT2D eigenvalue weighted by molar-refractivity contribution is 6.31. The molecule has 126 valence electrons. The van der Waals surface area contributed by atoms with Crippen LogP contribution in [0.2, 0.25) is 5.02 Å². The molecule has 0 bridgehead atoms. The molecule has 0 N–H and O–H groups in total. The van der Waals surface area contributed by atoms with Crippen molar-refractivity contribution in [2.45, 2.75) is 12.4 Å². The first-order chi connectivity index (χ1) is 12.3. The second-order valence-electron chi connectivity index (χ2n) is 5.50. The quantitative estimate of drug-likeness (QED) is 0.679. The summed E-state index contributed by atoms with van der Waals surface area (Å²) in [7, 11) is 0. The van der Waals surface area contributed by atoms with Crippen LogP contribution in [-0.4, -0.2) is 16.6 Å². The predicted octanol–water partition coefficient (Wildman–Crippen LogP) is 4.71. The Bertz CT molecular complexity index is 860. The van der Waals surface area contributed by atoms with Crippen LogP contribution in [0.25, 0.3) is 0 Å². The monoisotopic (exact) mass is 354 g/mol. The van der Waals surface area contributed by atoms with Gasteiger partial charge in [-0.25, -0.2) is 4.98 Å². The molecule has 4 rings (SSSR count). The summed E-state index contributed by atoms with van der Waals surface area (Å²) in [5.41, 5.74) is 1.63. The minimum Gasteiger partial charge on any atom is -0.437 e. The fourth-order valence-corrected chi connectivity index (χ4v) is 2.91. The Morgan fingerprint density at radius 2 is 1.84 bits per heavy atom. The Morgan fingerprint density at radius 3 is 2.68 bits per heavy atom. The molecule has 0 saturated carbocycles. The molecule has 1 fully saturated rings. The lowest BCUT2D eigenvalue weighted by molar-refractivity contribution is -0.0620. The Balaban J connectivity index is 1.56. The van der Waals surface area contributed by atoms with Crippen LogP contribution in [0.15, 0.2) is 67.1 Å². The summed E-state index contributed by atoms with van der Waals surface area (Å²) < 4.78 is 17.7. The SMILES string of the molecule is Clc1ccccc1C1CO[C@H](c2cccnc2Oc2cccnc2)O1. The van der Waals surface area contributed by atoms with Crippen LogP contribution < -0.4 is 4.74 Å². The Kier molecular flexibility index (Phi) is 4.61. The molecule has 1 aliphatic heterocycles. The van der Waals surface area contributed by atoms with Crippen LogP contribution in [0.4, 0.5) is 0 Å². The van der Waals surface area contributed by atoms with Crippen LogP contribution >= 0.6 is 11.6 Å². The van der Waals surface area contributed by atoms with Crippen molar-refractivity contribution in [3.63, 3.8) is 0 Å². The molecule has 3 heterocycles. The highest BCUT2D eigenvalue weighted by atomic mass is 35.5. The van der Waals surface area contributed by atoms with E-state index in [0.29, 0.717) is 23.3 Å². The second kappa shape index (κ2) is 7.19. The van der Waals surface area contributed by atoms with Gasteiger partial charge in [0.05, 0.1) is 18.4 Å². The molecule has 5 nitrogen and oxygen atoms in total. The van der Waals surface area contributed by atoms with Gasteiger partial charge in [-0.15, -0.1) is 0 Å². The van der Waals surface area contributed by atoms with E-state index < -0.39 is 6.29 Å². The Hall–Kier alpha value is -2.47. The zero-order valence-corrected chi connectivity index (χ0v) is 14.0. The van der Waals surface area contributed by atoms with E-state index in [-0.39, 0.29) is 6.10 Å². The lowest BCUT2D eigenvalue weighted by atomic mass is 10.1. The smallest absolute Gasteiger partial charge is 0.227 e. The number of rotatable bonds is 4. The van der Waals surface area contributed by atoms with Crippen molar-refractivity contribution in [1.29, 1.82) is 0 Å². The number of ether oxygens (including phenoxy) is 3. The molecule has 0 amide bonds. The zero-order chi connectivity index (χ0) is 17.1. The lowest BCUT2D eigenvalue weighted by Gasteiger charge is -2.15. The zero-order valence-electron chi connectivity index (χ0n) is 13.2. The molecule has 2 aromatic heterocycles. The van der Waals surface area contributed by atoms with E-state index >= 15 is 0 Å². The summed E-state index contributed by atoms with van der Waals surface area (Å²) in [6, 6.07) is 14.9. The van der Waals surface area contributed by atoms with Crippen LogP contribution in [0, 0.1) is 0 Å².